The number of aromatic nitrogens is 1. The Labute approximate surface area is 94.0 Å². The molecule has 0 radical (unpaired) electrons. The SMILES string of the molecule is Cc1cc(F)ccc1Cn1cccc1CO. The molecule has 84 valence electrons. The van der Waals surface area contributed by atoms with E-state index in [1.807, 2.05) is 29.8 Å². The van der Waals surface area contributed by atoms with Gasteiger partial charge in [0.2, 0.25) is 0 Å². The number of hydrogen-bond donors (Lipinski definition) is 1. The summed E-state index contributed by atoms with van der Waals surface area (Å²) in [6.45, 7) is 2.57. The smallest absolute Gasteiger partial charge is 0.123 e. The summed E-state index contributed by atoms with van der Waals surface area (Å²) in [7, 11) is 0. The summed E-state index contributed by atoms with van der Waals surface area (Å²) in [5, 5.41) is 9.12. The van der Waals surface area contributed by atoms with Crippen molar-refractivity contribution >= 4 is 0 Å². The topological polar surface area (TPSA) is 25.2 Å². The molecule has 0 saturated carbocycles. The van der Waals surface area contributed by atoms with Gasteiger partial charge < -0.3 is 9.67 Å². The highest BCUT2D eigenvalue weighted by Crippen LogP contribution is 2.13. The van der Waals surface area contributed by atoms with Gasteiger partial charge in [0.15, 0.2) is 0 Å². The van der Waals surface area contributed by atoms with Crippen molar-refractivity contribution in [3.8, 4) is 0 Å². The Bertz CT molecular complexity index is 490. The fraction of sp³-hybridized carbons (Fsp3) is 0.231. The third kappa shape index (κ3) is 2.14. The number of benzene rings is 1. The largest absolute Gasteiger partial charge is 0.390 e. The van der Waals surface area contributed by atoms with Crippen molar-refractivity contribution < 1.29 is 9.50 Å². The molecule has 0 aliphatic heterocycles. The van der Waals surface area contributed by atoms with Gasteiger partial charge in [-0.05, 0) is 42.3 Å². The van der Waals surface area contributed by atoms with Crippen molar-refractivity contribution in [3.63, 3.8) is 0 Å². The fourth-order valence-electron chi connectivity index (χ4n) is 1.77. The third-order valence-electron chi connectivity index (χ3n) is 2.73. The molecule has 1 N–H and O–H groups in total. The zero-order valence-corrected chi connectivity index (χ0v) is 9.15. The predicted octanol–water partition coefficient (Wildman–Crippen LogP) is 2.48. The Kier molecular flexibility index (Phi) is 3.06. The van der Waals surface area contributed by atoms with E-state index in [1.165, 1.54) is 12.1 Å². The molecule has 1 heterocycles. The Morgan fingerprint density at radius 3 is 2.81 bits per heavy atom. The lowest BCUT2D eigenvalue weighted by Gasteiger charge is -2.10. The maximum Gasteiger partial charge on any atom is 0.123 e. The molecule has 16 heavy (non-hydrogen) atoms. The summed E-state index contributed by atoms with van der Waals surface area (Å²) in [6.07, 6.45) is 1.91. The summed E-state index contributed by atoms with van der Waals surface area (Å²) in [4.78, 5) is 0. The average molecular weight is 219 g/mol. The quantitative estimate of drug-likeness (QED) is 0.842. The zero-order chi connectivity index (χ0) is 11.5. The van der Waals surface area contributed by atoms with Crippen molar-refractivity contribution in [2.75, 3.05) is 0 Å². The fourth-order valence-corrected chi connectivity index (χ4v) is 1.77. The highest BCUT2D eigenvalue weighted by atomic mass is 19.1. The van der Waals surface area contributed by atoms with E-state index < -0.39 is 0 Å². The minimum absolute atomic E-state index is 0.0211. The second-order valence-corrected chi connectivity index (χ2v) is 3.86. The number of aryl methyl sites for hydroxylation is 1. The first-order valence-corrected chi connectivity index (χ1v) is 5.20. The zero-order valence-electron chi connectivity index (χ0n) is 9.15. The first-order chi connectivity index (χ1) is 7.70. The van der Waals surface area contributed by atoms with Crippen LogP contribution in [-0.4, -0.2) is 9.67 Å². The molecule has 0 amide bonds. The van der Waals surface area contributed by atoms with Crippen LogP contribution in [0, 0.1) is 12.7 Å². The molecule has 2 aromatic rings. The maximum atomic E-state index is 12.9. The van der Waals surface area contributed by atoms with E-state index in [1.54, 1.807) is 6.07 Å². The summed E-state index contributed by atoms with van der Waals surface area (Å²) in [5.41, 5.74) is 2.86. The molecule has 1 aromatic carbocycles. The second kappa shape index (κ2) is 4.49. The van der Waals surface area contributed by atoms with Crippen LogP contribution < -0.4 is 0 Å². The molecule has 0 atom stereocenters. The van der Waals surface area contributed by atoms with Gasteiger partial charge in [-0.3, -0.25) is 0 Å². The Morgan fingerprint density at radius 2 is 2.12 bits per heavy atom. The molecule has 0 saturated heterocycles. The lowest BCUT2D eigenvalue weighted by molar-refractivity contribution is 0.271. The Morgan fingerprint density at radius 1 is 1.31 bits per heavy atom. The van der Waals surface area contributed by atoms with E-state index in [-0.39, 0.29) is 12.4 Å². The number of hydrogen-bond acceptors (Lipinski definition) is 1. The van der Waals surface area contributed by atoms with Crippen LogP contribution in [0.15, 0.2) is 36.5 Å². The lowest BCUT2D eigenvalue weighted by atomic mass is 10.1. The highest BCUT2D eigenvalue weighted by Gasteiger charge is 2.03. The molecule has 2 nitrogen and oxygen atoms in total. The van der Waals surface area contributed by atoms with Gasteiger partial charge in [-0.25, -0.2) is 4.39 Å². The molecule has 0 unspecified atom stereocenters. The molecule has 0 aliphatic carbocycles. The average Bonchev–Trinajstić information content (AvgIpc) is 2.69. The van der Waals surface area contributed by atoms with Gasteiger partial charge in [0, 0.05) is 18.4 Å². The summed E-state index contributed by atoms with van der Waals surface area (Å²) in [5.74, 6) is -0.212. The van der Waals surface area contributed by atoms with Crippen LogP contribution in [-0.2, 0) is 13.2 Å². The van der Waals surface area contributed by atoms with E-state index in [4.69, 9.17) is 5.11 Å². The van der Waals surface area contributed by atoms with E-state index in [0.717, 1.165) is 16.8 Å². The number of halogens is 1. The van der Waals surface area contributed by atoms with Gasteiger partial charge in [-0.15, -0.1) is 0 Å². The monoisotopic (exact) mass is 219 g/mol. The third-order valence-corrected chi connectivity index (χ3v) is 2.73. The number of nitrogens with zero attached hydrogens (tertiary/aromatic N) is 1. The first-order valence-electron chi connectivity index (χ1n) is 5.20. The first kappa shape index (κ1) is 10.9. The van der Waals surface area contributed by atoms with E-state index in [0.29, 0.717) is 6.54 Å². The van der Waals surface area contributed by atoms with Crippen molar-refractivity contribution in [2.45, 2.75) is 20.1 Å². The van der Waals surface area contributed by atoms with Gasteiger partial charge in [0.1, 0.15) is 5.82 Å². The predicted molar refractivity (Wildman–Crippen MR) is 60.6 cm³/mol. The normalized spacial score (nSPS) is 10.7. The second-order valence-electron chi connectivity index (χ2n) is 3.86. The van der Waals surface area contributed by atoms with Crippen molar-refractivity contribution in [2.24, 2.45) is 0 Å². The van der Waals surface area contributed by atoms with Crippen LogP contribution in [0.3, 0.4) is 0 Å². The van der Waals surface area contributed by atoms with E-state index >= 15 is 0 Å². The highest BCUT2D eigenvalue weighted by molar-refractivity contribution is 5.27. The van der Waals surface area contributed by atoms with Gasteiger partial charge >= 0.3 is 0 Å². The van der Waals surface area contributed by atoms with Crippen LogP contribution in [0.5, 0.6) is 0 Å². The minimum atomic E-state index is -0.212. The van der Waals surface area contributed by atoms with Crippen molar-refractivity contribution in [3.05, 3.63) is 59.2 Å². The van der Waals surface area contributed by atoms with Crippen LogP contribution in [0.1, 0.15) is 16.8 Å². The molecule has 3 heteroatoms. The molecule has 0 bridgehead atoms. The van der Waals surface area contributed by atoms with Crippen molar-refractivity contribution in [1.29, 1.82) is 0 Å². The molecule has 0 spiro atoms. The Balaban J connectivity index is 2.27. The van der Waals surface area contributed by atoms with Crippen LogP contribution in [0.2, 0.25) is 0 Å². The van der Waals surface area contributed by atoms with Crippen LogP contribution in [0.4, 0.5) is 4.39 Å². The van der Waals surface area contributed by atoms with Gasteiger partial charge in [-0.1, -0.05) is 6.07 Å². The van der Waals surface area contributed by atoms with Crippen LogP contribution >= 0.6 is 0 Å². The number of aliphatic hydroxyl groups is 1. The summed E-state index contributed by atoms with van der Waals surface area (Å²) >= 11 is 0. The van der Waals surface area contributed by atoms with Gasteiger partial charge in [0.05, 0.1) is 6.61 Å². The van der Waals surface area contributed by atoms with E-state index in [9.17, 15) is 4.39 Å². The maximum absolute atomic E-state index is 12.9. The minimum Gasteiger partial charge on any atom is -0.390 e. The molecule has 0 fully saturated rings. The lowest BCUT2D eigenvalue weighted by Crippen LogP contribution is -2.04. The van der Waals surface area contributed by atoms with E-state index in [2.05, 4.69) is 0 Å². The van der Waals surface area contributed by atoms with Crippen LogP contribution in [0.25, 0.3) is 0 Å². The number of rotatable bonds is 3. The molecular weight excluding hydrogens is 205 g/mol. The Hall–Kier alpha value is -1.61. The van der Waals surface area contributed by atoms with Gasteiger partial charge in [0.25, 0.3) is 0 Å². The molecular formula is C13H14FNO. The summed E-state index contributed by atoms with van der Waals surface area (Å²) < 4.78 is 14.9. The standard InChI is InChI=1S/C13H14FNO/c1-10-7-12(14)5-4-11(10)8-15-6-2-3-13(15)9-16/h2-7,16H,8-9H2,1H3. The molecule has 1 aromatic heterocycles. The van der Waals surface area contributed by atoms with Crippen molar-refractivity contribution in [1.82, 2.24) is 4.57 Å². The summed E-state index contributed by atoms with van der Waals surface area (Å²) in [6, 6.07) is 8.54. The van der Waals surface area contributed by atoms with Gasteiger partial charge in [-0.2, -0.15) is 0 Å². The molecule has 0 aliphatic rings. The number of aliphatic hydroxyl groups excluding tert-OH is 1. The molecule has 2 rings (SSSR count).